The maximum absolute atomic E-state index is 2.73. The lowest BCUT2D eigenvalue weighted by Gasteiger charge is -2.47. The smallest absolute Gasteiger partial charge is 0.252 e. The minimum absolute atomic E-state index is 0.00851. The SMILES string of the molecule is Cc1cc2c3c(c1)N(c1cccc4c1C(C)(C)c1ccccc1-4)c1cc4c(cc1B3c1ccc(C(C)(C)C)cc1N2c1cc2c(cc1C)C(C)(C)CCC2(C)C)C(C)(C)CC4(C)C. The van der Waals surface area contributed by atoms with Crippen LogP contribution < -0.4 is 26.2 Å². The summed E-state index contributed by atoms with van der Waals surface area (Å²) < 4.78 is 0. The van der Waals surface area contributed by atoms with E-state index in [0.29, 0.717) is 0 Å². The summed E-state index contributed by atoms with van der Waals surface area (Å²) in [5.41, 5.74) is 27.9. The van der Waals surface area contributed by atoms with E-state index < -0.39 is 0 Å². The van der Waals surface area contributed by atoms with E-state index in [2.05, 4.69) is 211 Å². The number of hydrogen-bond acceptors (Lipinski definition) is 2. The Bertz CT molecular complexity index is 2980. The predicted molar refractivity (Wildman–Crippen MR) is 272 cm³/mol. The van der Waals surface area contributed by atoms with Gasteiger partial charge >= 0.3 is 0 Å². The summed E-state index contributed by atoms with van der Waals surface area (Å²) in [5.74, 6) is 0. The Morgan fingerprint density at radius 2 is 1.03 bits per heavy atom. The minimum atomic E-state index is -0.176. The number of rotatable bonds is 2. The van der Waals surface area contributed by atoms with Crippen molar-refractivity contribution >= 4 is 57.2 Å². The number of anilines is 6. The average Bonchev–Trinajstić information content (AvgIpc) is 3.55. The molecule has 0 unspecified atom stereocenters. The molecule has 0 amide bonds. The molecule has 0 saturated carbocycles. The molecule has 5 aliphatic rings. The molecule has 0 fully saturated rings. The van der Waals surface area contributed by atoms with Gasteiger partial charge < -0.3 is 9.80 Å². The first-order valence-electron chi connectivity index (χ1n) is 23.9. The van der Waals surface area contributed by atoms with Crippen molar-refractivity contribution in [3.8, 4) is 11.1 Å². The lowest BCUT2D eigenvalue weighted by Crippen LogP contribution is -2.61. The topological polar surface area (TPSA) is 6.48 Å². The molecule has 0 atom stereocenters. The molecule has 2 heterocycles. The highest BCUT2D eigenvalue weighted by Crippen LogP contribution is 2.58. The summed E-state index contributed by atoms with van der Waals surface area (Å²) in [6.07, 6.45) is 3.53. The third-order valence-electron chi connectivity index (χ3n) is 16.8. The molecular weight excluding hydrogens is 759 g/mol. The van der Waals surface area contributed by atoms with E-state index >= 15 is 0 Å². The van der Waals surface area contributed by atoms with E-state index in [1.807, 2.05) is 0 Å². The zero-order chi connectivity index (χ0) is 44.7. The van der Waals surface area contributed by atoms with Crippen LogP contribution in [0.25, 0.3) is 11.1 Å². The molecule has 3 aliphatic carbocycles. The van der Waals surface area contributed by atoms with Gasteiger partial charge in [-0.25, -0.2) is 0 Å². The molecule has 3 heteroatoms. The summed E-state index contributed by atoms with van der Waals surface area (Å²) in [5, 5.41) is 0. The fourth-order valence-corrected chi connectivity index (χ4v) is 13.5. The van der Waals surface area contributed by atoms with Crippen LogP contribution >= 0.6 is 0 Å². The second kappa shape index (κ2) is 12.6. The van der Waals surface area contributed by atoms with E-state index in [9.17, 15) is 0 Å². The average molecular weight is 827 g/mol. The van der Waals surface area contributed by atoms with Gasteiger partial charge in [-0.3, -0.25) is 0 Å². The second-order valence-corrected chi connectivity index (χ2v) is 24.6. The van der Waals surface area contributed by atoms with Gasteiger partial charge in [-0.1, -0.05) is 151 Å². The van der Waals surface area contributed by atoms with Crippen LogP contribution in [0, 0.1) is 13.8 Å². The normalized spacial score (nSPS) is 19.7. The Labute approximate surface area is 379 Å². The van der Waals surface area contributed by atoms with Crippen LogP contribution in [0.15, 0.2) is 97.1 Å². The van der Waals surface area contributed by atoms with E-state index in [0.717, 1.165) is 6.42 Å². The monoisotopic (exact) mass is 827 g/mol. The molecule has 11 rings (SSSR count). The third-order valence-corrected chi connectivity index (χ3v) is 16.8. The standard InChI is InChI=1S/C60H67BN2/c1-35-27-51-54-52(28-35)63(48-32-43-41(29-36(48)2)56(6,7)25-26-57(43,8)9)49-30-37(55(3,4)5)23-24-45(49)61(54)46-31-42-44(59(12,13)34-58(42,10)11)33-50(46)62(51)47-22-18-20-39-38-19-16-17-21-40(38)60(14,15)53(39)47/h16-24,27-33H,25-26,34H2,1-15H3. The maximum Gasteiger partial charge on any atom is 0.252 e. The molecule has 0 spiro atoms. The van der Waals surface area contributed by atoms with E-state index in [1.54, 1.807) is 0 Å². The van der Waals surface area contributed by atoms with Crippen molar-refractivity contribution in [3.63, 3.8) is 0 Å². The highest BCUT2D eigenvalue weighted by molar-refractivity contribution is 7.00. The fourth-order valence-electron chi connectivity index (χ4n) is 13.5. The number of benzene rings is 6. The lowest BCUT2D eigenvalue weighted by atomic mass is 9.33. The van der Waals surface area contributed by atoms with Crippen molar-refractivity contribution in [2.75, 3.05) is 9.80 Å². The molecule has 0 radical (unpaired) electrons. The highest BCUT2D eigenvalue weighted by atomic mass is 15.2. The largest absolute Gasteiger partial charge is 0.311 e. The van der Waals surface area contributed by atoms with Crippen LogP contribution in [0.1, 0.15) is 159 Å². The van der Waals surface area contributed by atoms with E-state index in [1.165, 1.54) is 125 Å². The van der Waals surface area contributed by atoms with Gasteiger partial charge in [-0.15, -0.1) is 0 Å². The van der Waals surface area contributed by atoms with Gasteiger partial charge in [0.1, 0.15) is 0 Å². The van der Waals surface area contributed by atoms with E-state index in [-0.39, 0.29) is 39.2 Å². The van der Waals surface area contributed by atoms with Gasteiger partial charge in [-0.05, 0) is 174 Å². The van der Waals surface area contributed by atoms with Crippen molar-refractivity contribution in [1.82, 2.24) is 0 Å². The molecule has 0 aromatic heterocycles. The van der Waals surface area contributed by atoms with Crippen molar-refractivity contribution in [1.29, 1.82) is 0 Å². The fraction of sp³-hybridized carbons (Fsp3) is 0.400. The number of nitrogens with zero attached hydrogens (tertiary/aromatic N) is 2. The summed E-state index contributed by atoms with van der Waals surface area (Å²) in [4.78, 5) is 5.43. The Hall–Kier alpha value is -5.02. The van der Waals surface area contributed by atoms with Gasteiger partial charge in [0.05, 0.1) is 5.69 Å². The Morgan fingerprint density at radius 1 is 0.476 bits per heavy atom. The molecule has 0 bridgehead atoms. The van der Waals surface area contributed by atoms with Gasteiger partial charge in [0, 0.05) is 33.9 Å². The van der Waals surface area contributed by atoms with E-state index in [4.69, 9.17) is 0 Å². The first kappa shape index (κ1) is 40.7. The molecule has 6 aromatic carbocycles. The van der Waals surface area contributed by atoms with Crippen LogP contribution in [-0.2, 0) is 32.5 Å². The molecule has 2 nitrogen and oxygen atoms in total. The molecule has 0 N–H and O–H groups in total. The Kier molecular flexibility index (Phi) is 8.16. The summed E-state index contributed by atoms with van der Waals surface area (Å²) in [6, 6.07) is 39.3. The van der Waals surface area contributed by atoms with Crippen molar-refractivity contribution in [3.05, 3.63) is 147 Å². The van der Waals surface area contributed by atoms with Gasteiger partial charge in [0.25, 0.3) is 6.71 Å². The first-order chi connectivity index (χ1) is 29.4. The molecular formula is C60H67BN2. The highest BCUT2D eigenvalue weighted by Gasteiger charge is 2.50. The van der Waals surface area contributed by atoms with Crippen LogP contribution in [-0.4, -0.2) is 6.71 Å². The molecule has 0 saturated heterocycles. The second-order valence-electron chi connectivity index (χ2n) is 24.6. The van der Waals surface area contributed by atoms with Gasteiger partial charge in [0.2, 0.25) is 0 Å². The minimum Gasteiger partial charge on any atom is -0.311 e. The number of fused-ring (bicyclic) bond motifs is 9. The van der Waals surface area contributed by atoms with Crippen LogP contribution in [0.4, 0.5) is 34.1 Å². The maximum atomic E-state index is 2.73. The number of aryl methyl sites for hydroxylation is 2. The van der Waals surface area contributed by atoms with Gasteiger partial charge in [-0.2, -0.15) is 0 Å². The van der Waals surface area contributed by atoms with Crippen molar-refractivity contribution in [2.45, 2.75) is 156 Å². The Balaban J connectivity index is 1.27. The first-order valence-corrected chi connectivity index (χ1v) is 23.9. The van der Waals surface area contributed by atoms with Crippen LogP contribution in [0.3, 0.4) is 0 Å². The molecule has 320 valence electrons. The van der Waals surface area contributed by atoms with Crippen molar-refractivity contribution < 1.29 is 0 Å². The molecule has 63 heavy (non-hydrogen) atoms. The summed E-state index contributed by atoms with van der Waals surface area (Å²) >= 11 is 0. The quantitative estimate of drug-likeness (QED) is 0.160. The predicted octanol–water partition coefficient (Wildman–Crippen LogP) is 14.3. The van der Waals surface area contributed by atoms with Crippen LogP contribution in [0.5, 0.6) is 0 Å². The Morgan fingerprint density at radius 3 is 1.70 bits per heavy atom. The zero-order valence-electron chi connectivity index (χ0n) is 40.8. The zero-order valence-corrected chi connectivity index (χ0v) is 40.8. The molecule has 6 aromatic rings. The summed E-state index contributed by atoms with van der Waals surface area (Å²) in [6.45, 7) is 36.5. The summed E-state index contributed by atoms with van der Waals surface area (Å²) in [7, 11) is 0. The van der Waals surface area contributed by atoms with Crippen molar-refractivity contribution in [2.24, 2.45) is 0 Å². The van der Waals surface area contributed by atoms with Gasteiger partial charge in [0.15, 0.2) is 0 Å². The van der Waals surface area contributed by atoms with Crippen LogP contribution in [0.2, 0.25) is 0 Å². The third kappa shape index (κ3) is 5.56. The molecule has 2 aliphatic heterocycles. The lowest BCUT2D eigenvalue weighted by molar-refractivity contribution is 0.332. The number of hydrogen-bond donors (Lipinski definition) is 0.